The Morgan fingerprint density at radius 1 is 0.766 bits per heavy atom. The number of ether oxygens (including phenoxy) is 2. The summed E-state index contributed by atoms with van der Waals surface area (Å²) in [5, 5.41) is 39.7. The van der Waals surface area contributed by atoms with Crippen molar-refractivity contribution in [3.8, 4) is 11.1 Å². The van der Waals surface area contributed by atoms with Gasteiger partial charge in [-0.05, 0) is 159 Å². The molecule has 111 heavy (non-hydrogen) atoms. The van der Waals surface area contributed by atoms with Crippen LogP contribution < -0.4 is 37.2 Å². The van der Waals surface area contributed by atoms with Crippen LogP contribution in [0.15, 0.2) is 97.2 Å². The fourth-order valence-corrected chi connectivity index (χ4v) is 18.9. The zero-order valence-corrected chi connectivity index (χ0v) is 64.7. The number of pyridine rings is 1. The highest BCUT2D eigenvalue weighted by Gasteiger charge is 2.66. The van der Waals surface area contributed by atoms with Gasteiger partial charge in [-0.15, -0.1) is 0 Å². The van der Waals surface area contributed by atoms with Gasteiger partial charge >= 0.3 is 24.1 Å². The minimum atomic E-state index is -4.46. The number of unbranched alkanes of at least 4 members (excludes halogenated alkanes) is 2. The van der Waals surface area contributed by atoms with Gasteiger partial charge in [0.25, 0.3) is 27.8 Å². The number of para-hydroxylation sites is 1. The third-order valence-electron chi connectivity index (χ3n) is 21.6. The fourth-order valence-electron chi connectivity index (χ4n) is 17.5. The van der Waals surface area contributed by atoms with Gasteiger partial charge in [0.15, 0.2) is 10.8 Å². The van der Waals surface area contributed by atoms with Gasteiger partial charge in [-0.1, -0.05) is 81.9 Å². The van der Waals surface area contributed by atoms with Crippen molar-refractivity contribution in [1.82, 2.24) is 50.4 Å². The van der Waals surface area contributed by atoms with E-state index in [0.717, 1.165) is 64.0 Å². The maximum atomic E-state index is 13.9. The molecule has 5 heterocycles. The lowest BCUT2D eigenvalue weighted by Gasteiger charge is -2.69. The number of hydrogen-bond donors (Lipinski definition) is 9. The van der Waals surface area contributed by atoms with E-state index in [2.05, 4.69) is 45.4 Å². The number of aliphatic carboxylic acids is 1. The molecule has 33 heteroatoms. The van der Waals surface area contributed by atoms with Crippen molar-refractivity contribution >= 4 is 108 Å². The molecular formula is C78H98N14O17S2. The van der Waals surface area contributed by atoms with Crippen LogP contribution in [0.3, 0.4) is 0 Å². The maximum absolute atomic E-state index is 13.9. The third-order valence-corrected chi connectivity index (χ3v) is 23.3. The fraction of sp³-hybridized carbons (Fsp3) is 0.500. The van der Waals surface area contributed by atoms with E-state index in [-0.39, 0.29) is 118 Å². The van der Waals surface area contributed by atoms with Crippen LogP contribution in [0.4, 0.5) is 26.2 Å². The van der Waals surface area contributed by atoms with E-state index in [9.17, 15) is 71.1 Å². The minimum Gasteiger partial charge on any atom is -0.481 e. The standard InChI is InChI=1S/C78H98N14O17S2/c1-49(2)66(86-62(93)18-7-6-10-30-91-63(94)25-26-64(91)95)70(100)83-59(16-12-29-80-72(79)103)69(99)82-53-21-19-51(20-22-53)41-108-74(104)89(32-28-65(96)97)34-33-88(36-38-111(105,106)107)35-37-109-78-45-75(4)42-76(5,46-78)44-77(43-75,47-78)48-92-50(3)56(39-81-92)54-23-24-61(85-67(54)71(101)102)90-31-27-52-13-11-14-55(57(52)40-90)68(98)87-73-84-58-15-8-9-17-60(58)110-73/h8-9,11,13-15,17,19-26,39,49,59,66H,6-7,10,12,16,18,27-38,40-48H2,1-5H3,(H,82,99)(H,83,100)(H,86,93)(H,96,97)(H,101,102)(H3,79,80,103)(H,84,87,98)(H,105,106,107)/t59-,66-,75?,76?,77?,78?/m0/s1. The summed E-state index contributed by atoms with van der Waals surface area (Å²) in [5.74, 6) is -5.65. The van der Waals surface area contributed by atoms with Crippen molar-refractivity contribution in [2.45, 2.75) is 162 Å². The molecule has 4 atom stereocenters. The van der Waals surface area contributed by atoms with Gasteiger partial charge < -0.3 is 56.5 Å². The summed E-state index contributed by atoms with van der Waals surface area (Å²) in [7, 11) is -4.46. The zero-order chi connectivity index (χ0) is 79.6. The van der Waals surface area contributed by atoms with E-state index < -0.39 is 87.7 Å². The van der Waals surface area contributed by atoms with Gasteiger partial charge in [-0.3, -0.25) is 57.9 Å². The molecule has 6 aromatic rings. The number of nitrogens with zero attached hydrogens (tertiary/aromatic N) is 8. The van der Waals surface area contributed by atoms with Crippen molar-refractivity contribution in [3.05, 3.63) is 131 Å². The van der Waals surface area contributed by atoms with Crippen molar-refractivity contribution in [2.24, 2.45) is 27.9 Å². The molecule has 9 amide bonds. The average molecular weight is 1570 g/mol. The number of amides is 9. The second-order valence-corrected chi connectivity index (χ2v) is 33.8. The van der Waals surface area contributed by atoms with E-state index in [1.54, 1.807) is 61.3 Å². The summed E-state index contributed by atoms with van der Waals surface area (Å²) in [4.78, 5) is 144. The number of carboxylic acids is 2. The number of hydrogen-bond acceptors (Lipinski definition) is 20. The summed E-state index contributed by atoms with van der Waals surface area (Å²) in [6, 6.07) is 20.2. The average Bonchev–Trinajstić information content (AvgIpc) is 0.817. The number of thiazole rings is 1. The normalized spacial score (nSPS) is 20.3. The molecule has 31 nitrogen and oxygen atoms in total. The molecule has 12 rings (SSSR count). The Bertz CT molecular complexity index is 4590. The number of nitrogens with one attached hydrogen (secondary N) is 5. The van der Waals surface area contributed by atoms with Gasteiger partial charge in [-0.2, -0.15) is 13.5 Å². The first kappa shape index (κ1) is 81.8. The third kappa shape index (κ3) is 21.1. The van der Waals surface area contributed by atoms with Gasteiger partial charge in [0, 0.05) is 112 Å². The predicted molar refractivity (Wildman–Crippen MR) is 413 cm³/mol. The first-order valence-corrected chi connectivity index (χ1v) is 40.0. The van der Waals surface area contributed by atoms with Crippen LogP contribution in [0.5, 0.6) is 0 Å². The molecule has 4 saturated carbocycles. The van der Waals surface area contributed by atoms with Gasteiger partial charge in [-0.25, -0.2) is 24.4 Å². The highest BCUT2D eigenvalue weighted by atomic mass is 32.2. The number of aromatic carboxylic acids is 1. The largest absolute Gasteiger partial charge is 0.481 e. The van der Waals surface area contributed by atoms with Crippen LogP contribution in [-0.2, 0) is 74.5 Å². The molecule has 3 aromatic heterocycles. The Hall–Kier alpha value is -10.2. The second-order valence-electron chi connectivity index (χ2n) is 31.2. The smallest absolute Gasteiger partial charge is 0.410 e. The van der Waals surface area contributed by atoms with Crippen LogP contribution in [0.1, 0.15) is 154 Å². The lowest BCUT2D eigenvalue weighted by Crippen LogP contribution is -2.64. The number of anilines is 3. The van der Waals surface area contributed by atoms with E-state index in [1.807, 2.05) is 59.0 Å². The quantitative estimate of drug-likeness (QED) is 0.00999. The van der Waals surface area contributed by atoms with Crippen molar-refractivity contribution in [2.75, 3.05) is 80.3 Å². The Morgan fingerprint density at radius 2 is 1.50 bits per heavy atom. The molecule has 6 aliphatic rings. The highest BCUT2D eigenvalue weighted by Crippen LogP contribution is 2.72. The number of fused-ring (bicyclic) bond motifs is 2. The number of urea groups is 1. The molecule has 10 N–H and O–H groups in total. The number of imide groups is 1. The number of aromatic nitrogens is 4. The van der Waals surface area contributed by atoms with Crippen LogP contribution in [-0.4, -0.2) is 200 Å². The molecule has 4 aliphatic carbocycles. The number of carboxylic acid groups (broad SMARTS) is 2. The van der Waals surface area contributed by atoms with Crippen LogP contribution in [0.25, 0.3) is 21.3 Å². The van der Waals surface area contributed by atoms with Gasteiger partial charge in [0.1, 0.15) is 24.5 Å². The summed E-state index contributed by atoms with van der Waals surface area (Å²) in [5.41, 5.74) is 9.80. The second kappa shape index (κ2) is 35.0. The number of carbonyl (C=O) groups is 10. The number of carbonyl (C=O) groups excluding carboxylic acids is 8. The molecule has 2 aliphatic heterocycles. The lowest BCUT2D eigenvalue weighted by molar-refractivity contribution is -0.248. The number of benzene rings is 3. The minimum absolute atomic E-state index is 0.0441. The number of rotatable bonds is 38. The number of nitrogens with two attached hydrogens (primary N) is 1. The van der Waals surface area contributed by atoms with Crippen LogP contribution >= 0.6 is 11.3 Å². The Balaban J connectivity index is 0.693. The molecule has 0 spiro atoms. The van der Waals surface area contributed by atoms with Gasteiger partial charge in [0.2, 0.25) is 17.7 Å². The van der Waals surface area contributed by atoms with Crippen LogP contribution in [0.2, 0.25) is 0 Å². The summed E-state index contributed by atoms with van der Waals surface area (Å²) >= 11 is 1.39. The zero-order valence-electron chi connectivity index (χ0n) is 63.1. The van der Waals surface area contributed by atoms with Gasteiger partial charge in [0.05, 0.1) is 40.8 Å². The first-order chi connectivity index (χ1) is 52.7. The Kier molecular flexibility index (Phi) is 25.8. The molecule has 594 valence electrons. The van der Waals surface area contributed by atoms with E-state index in [0.29, 0.717) is 90.6 Å². The molecule has 4 fully saturated rings. The van der Waals surface area contributed by atoms with E-state index >= 15 is 0 Å². The molecule has 4 bridgehead atoms. The molecule has 0 saturated heterocycles. The Labute approximate surface area is 647 Å². The molecular weight excluding hydrogens is 1470 g/mol. The lowest BCUT2D eigenvalue weighted by atomic mass is 9.39. The summed E-state index contributed by atoms with van der Waals surface area (Å²) in [6.07, 6.45) is 10.3. The van der Waals surface area contributed by atoms with Crippen molar-refractivity contribution in [3.63, 3.8) is 0 Å². The molecule has 0 radical (unpaired) electrons. The summed E-state index contributed by atoms with van der Waals surface area (Å²) in [6.45, 7) is 11.3. The van der Waals surface area contributed by atoms with E-state index in [4.69, 9.17) is 25.3 Å². The summed E-state index contributed by atoms with van der Waals surface area (Å²) < 4.78 is 50.2. The topological polar surface area (TPSA) is 427 Å². The predicted octanol–water partition coefficient (Wildman–Crippen LogP) is 8.31. The van der Waals surface area contributed by atoms with Crippen LogP contribution in [0, 0.1) is 29.1 Å². The monoisotopic (exact) mass is 1570 g/mol. The molecule has 3 aromatic carbocycles. The first-order valence-electron chi connectivity index (χ1n) is 37.6. The van der Waals surface area contributed by atoms with Crippen molar-refractivity contribution < 1.29 is 80.6 Å². The highest BCUT2D eigenvalue weighted by molar-refractivity contribution is 7.85. The van der Waals surface area contributed by atoms with E-state index in [1.165, 1.54) is 28.4 Å². The molecule has 2 unspecified atom stereocenters. The SMILES string of the molecule is Cc1c(-c2ccc(N3CCc4cccc(C(=O)Nc5nc6ccccc6s5)c4C3)nc2C(=O)O)cnn1CC12CC3(C)CC(C)(C1)CC(OCCN(CCN(CCC(=O)O)C(=O)OCc1ccc(NC(=O)[C@H](CCCNC(N)=O)NC(=O)[C@@H](NC(=O)CCCCCN4C(=O)C=CC4=O)C(C)C)cc1)CCS(=O)(=O)O)(C3)C2. The van der Waals surface area contributed by atoms with Crippen molar-refractivity contribution in [1.29, 1.82) is 0 Å². The Morgan fingerprint density at radius 3 is 2.20 bits per heavy atom. The number of primary amides is 1. The maximum Gasteiger partial charge on any atom is 0.410 e.